The number of imide groups is 1. The summed E-state index contributed by atoms with van der Waals surface area (Å²) >= 11 is 0. The molecule has 1 saturated carbocycles. The largest absolute Gasteiger partial charge is 0.381 e. The lowest BCUT2D eigenvalue weighted by atomic mass is 9.78. The molecule has 1 N–H and O–H groups in total. The molecule has 6 nitrogen and oxygen atoms in total. The maximum absolute atomic E-state index is 12.8. The Morgan fingerprint density at radius 1 is 1.29 bits per heavy atom. The fourth-order valence-corrected chi connectivity index (χ4v) is 4.45. The molecule has 3 amide bonds. The van der Waals surface area contributed by atoms with Gasteiger partial charge < -0.3 is 10.1 Å². The van der Waals surface area contributed by atoms with Crippen molar-refractivity contribution in [3.05, 3.63) is 0 Å². The molecule has 24 heavy (non-hydrogen) atoms. The molecular weight excluding hydrogens is 306 g/mol. The maximum Gasteiger partial charge on any atom is 0.325 e. The highest BCUT2D eigenvalue weighted by Gasteiger charge is 2.52. The zero-order valence-corrected chi connectivity index (χ0v) is 14.5. The zero-order chi connectivity index (χ0) is 17.2. The van der Waals surface area contributed by atoms with E-state index in [1.165, 1.54) is 4.90 Å². The number of carbonyl (C=O) groups is 2. The van der Waals surface area contributed by atoms with Gasteiger partial charge in [-0.1, -0.05) is 12.8 Å². The van der Waals surface area contributed by atoms with Crippen molar-refractivity contribution in [1.82, 2.24) is 10.2 Å². The van der Waals surface area contributed by atoms with Gasteiger partial charge in [-0.2, -0.15) is 5.26 Å². The lowest BCUT2D eigenvalue weighted by Crippen LogP contribution is -2.49. The van der Waals surface area contributed by atoms with Crippen LogP contribution < -0.4 is 5.32 Å². The molecule has 132 valence electrons. The van der Waals surface area contributed by atoms with E-state index in [4.69, 9.17) is 4.74 Å². The first-order chi connectivity index (χ1) is 11.5. The molecule has 3 fully saturated rings. The molecule has 2 saturated heterocycles. The van der Waals surface area contributed by atoms with Crippen molar-refractivity contribution in [2.75, 3.05) is 19.8 Å². The summed E-state index contributed by atoms with van der Waals surface area (Å²) in [5.41, 5.74) is -1.09. The van der Waals surface area contributed by atoms with E-state index in [2.05, 4.69) is 11.4 Å². The molecule has 6 heteroatoms. The number of hydrogen-bond acceptors (Lipinski definition) is 4. The normalized spacial score (nSPS) is 30.4. The molecule has 0 bridgehead atoms. The summed E-state index contributed by atoms with van der Waals surface area (Å²) in [6.07, 6.45) is 7.15. The summed E-state index contributed by atoms with van der Waals surface area (Å²) in [4.78, 5) is 26.5. The van der Waals surface area contributed by atoms with Crippen LogP contribution in [0.4, 0.5) is 4.79 Å². The number of hydrogen-bond donors (Lipinski definition) is 1. The quantitative estimate of drug-likeness (QED) is 0.784. The molecule has 0 radical (unpaired) electrons. The first-order valence-corrected chi connectivity index (χ1v) is 9.14. The summed E-state index contributed by atoms with van der Waals surface area (Å²) in [5, 5.41) is 12.4. The Labute approximate surface area is 143 Å². The summed E-state index contributed by atoms with van der Waals surface area (Å²) in [6, 6.07) is 2.17. The van der Waals surface area contributed by atoms with E-state index in [-0.39, 0.29) is 23.3 Å². The highest BCUT2D eigenvalue weighted by atomic mass is 16.5. The van der Waals surface area contributed by atoms with Gasteiger partial charge >= 0.3 is 6.03 Å². The lowest BCUT2D eigenvalue weighted by molar-refractivity contribution is -0.132. The first-order valence-electron chi connectivity index (χ1n) is 9.14. The van der Waals surface area contributed by atoms with Crippen LogP contribution in [0.3, 0.4) is 0 Å². The van der Waals surface area contributed by atoms with E-state index < -0.39 is 5.54 Å². The van der Waals surface area contributed by atoms with Gasteiger partial charge in [0.2, 0.25) is 0 Å². The Morgan fingerprint density at radius 2 is 1.96 bits per heavy atom. The smallest absolute Gasteiger partial charge is 0.325 e. The SMILES string of the molecule is CC1(C2CCCC2)NC(=O)N(CCCC2(C#N)CCOCC2)C1=O. The second-order valence-electron chi connectivity index (χ2n) is 7.68. The number of nitriles is 1. The van der Waals surface area contributed by atoms with Gasteiger partial charge in [0.05, 0.1) is 11.5 Å². The number of urea groups is 1. The van der Waals surface area contributed by atoms with Crippen LogP contribution in [0.25, 0.3) is 0 Å². The fraction of sp³-hybridized carbons (Fsp3) is 0.833. The molecular formula is C18H27N3O3. The third kappa shape index (κ3) is 3.02. The minimum atomic E-state index is -0.737. The van der Waals surface area contributed by atoms with Crippen molar-refractivity contribution >= 4 is 11.9 Å². The second kappa shape index (κ2) is 6.72. The highest BCUT2D eigenvalue weighted by molar-refractivity contribution is 6.07. The summed E-state index contributed by atoms with van der Waals surface area (Å²) in [6.45, 7) is 3.52. The van der Waals surface area contributed by atoms with E-state index >= 15 is 0 Å². The zero-order valence-electron chi connectivity index (χ0n) is 14.5. The number of nitrogens with zero attached hydrogens (tertiary/aromatic N) is 2. The molecule has 3 aliphatic rings. The first kappa shape index (κ1) is 17.2. The predicted octanol–water partition coefficient (Wildman–Crippen LogP) is 2.59. The van der Waals surface area contributed by atoms with Crippen LogP contribution in [0.15, 0.2) is 0 Å². The topological polar surface area (TPSA) is 82.4 Å². The standard InChI is InChI=1S/C18H27N3O3/c1-17(14-5-2-3-6-14)15(22)21(16(23)20-17)10-4-7-18(13-19)8-11-24-12-9-18/h14H,2-12H2,1H3,(H,20,23). The van der Waals surface area contributed by atoms with Crippen LogP contribution in [-0.2, 0) is 9.53 Å². The third-order valence-electron chi connectivity index (χ3n) is 6.20. The Hall–Kier alpha value is -1.61. The van der Waals surface area contributed by atoms with Crippen LogP contribution in [0, 0.1) is 22.7 Å². The van der Waals surface area contributed by atoms with Crippen molar-refractivity contribution in [3.63, 3.8) is 0 Å². The van der Waals surface area contributed by atoms with Gasteiger partial charge in [-0.3, -0.25) is 9.69 Å². The van der Waals surface area contributed by atoms with Crippen LogP contribution in [0.5, 0.6) is 0 Å². The van der Waals surface area contributed by atoms with Gasteiger partial charge in [0.15, 0.2) is 0 Å². The van der Waals surface area contributed by atoms with Gasteiger partial charge in [-0.25, -0.2) is 4.79 Å². The third-order valence-corrected chi connectivity index (χ3v) is 6.20. The lowest BCUT2D eigenvalue weighted by Gasteiger charge is -2.31. The number of rotatable bonds is 5. The second-order valence-corrected chi connectivity index (χ2v) is 7.68. The number of amides is 3. The Morgan fingerprint density at radius 3 is 2.58 bits per heavy atom. The Kier molecular flexibility index (Phi) is 4.82. The van der Waals surface area contributed by atoms with E-state index in [1.54, 1.807) is 0 Å². The van der Waals surface area contributed by atoms with Crippen LogP contribution in [0.1, 0.15) is 58.3 Å². The summed E-state index contributed by atoms with van der Waals surface area (Å²) in [5.74, 6) is 0.164. The molecule has 1 unspecified atom stereocenters. The molecule has 0 aromatic rings. The van der Waals surface area contributed by atoms with E-state index in [0.29, 0.717) is 32.6 Å². The van der Waals surface area contributed by atoms with E-state index in [1.807, 2.05) is 6.92 Å². The molecule has 0 aromatic carbocycles. The van der Waals surface area contributed by atoms with Crippen molar-refractivity contribution in [2.24, 2.45) is 11.3 Å². The fourth-order valence-electron chi connectivity index (χ4n) is 4.45. The molecule has 1 aliphatic carbocycles. The number of carbonyl (C=O) groups excluding carboxylic acids is 2. The molecule has 1 atom stereocenters. The van der Waals surface area contributed by atoms with E-state index in [0.717, 1.165) is 38.5 Å². The van der Waals surface area contributed by atoms with Crippen molar-refractivity contribution in [2.45, 2.75) is 63.8 Å². The molecule has 3 rings (SSSR count). The van der Waals surface area contributed by atoms with Gasteiger partial charge in [0.25, 0.3) is 5.91 Å². The molecule has 0 aromatic heterocycles. The average molecular weight is 333 g/mol. The summed E-state index contributed by atoms with van der Waals surface area (Å²) < 4.78 is 5.34. The van der Waals surface area contributed by atoms with Crippen molar-refractivity contribution < 1.29 is 14.3 Å². The average Bonchev–Trinajstić information content (AvgIpc) is 3.20. The van der Waals surface area contributed by atoms with Crippen molar-refractivity contribution in [3.8, 4) is 6.07 Å². The molecule has 0 spiro atoms. The van der Waals surface area contributed by atoms with Gasteiger partial charge in [-0.05, 0) is 51.4 Å². The van der Waals surface area contributed by atoms with Gasteiger partial charge in [-0.15, -0.1) is 0 Å². The molecule has 2 heterocycles. The van der Waals surface area contributed by atoms with Gasteiger partial charge in [0.1, 0.15) is 5.54 Å². The predicted molar refractivity (Wildman–Crippen MR) is 87.9 cm³/mol. The van der Waals surface area contributed by atoms with Crippen LogP contribution >= 0.6 is 0 Å². The monoisotopic (exact) mass is 333 g/mol. The number of ether oxygens (including phenoxy) is 1. The van der Waals surface area contributed by atoms with Crippen LogP contribution in [-0.4, -0.2) is 42.1 Å². The maximum atomic E-state index is 12.8. The number of nitrogens with one attached hydrogen (secondary N) is 1. The minimum absolute atomic E-state index is 0.0858. The summed E-state index contributed by atoms with van der Waals surface area (Å²) in [7, 11) is 0. The highest BCUT2D eigenvalue weighted by Crippen LogP contribution is 2.38. The molecule has 2 aliphatic heterocycles. The van der Waals surface area contributed by atoms with Crippen molar-refractivity contribution in [1.29, 1.82) is 5.26 Å². The Balaban J connectivity index is 1.58. The van der Waals surface area contributed by atoms with Gasteiger partial charge in [0, 0.05) is 19.8 Å². The van der Waals surface area contributed by atoms with E-state index in [9.17, 15) is 14.9 Å². The Bertz CT molecular complexity index is 544. The van der Waals surface area contributed by atoms with Crippen LogP contribution in [0.2, 0.25) is 0 Å². The minimum Gasteiger partial charge on any atom is -0.381 e.